The minimum atomic E-state index is -0.418. The van der Waals surface area contributed by atoms with Crippen LogP contribution >= 0.6 is 0 Å². The van der Waals surface area contributed by atoms with Crippen LogP contribution in [0.4, 0.5) is 5.69 Å². The Hall–Kier alpha value is -1.49. The highest BCUT2D eigenvalue weighted by Gasteiger charge is 2.13. The van der Waals surface area contributed by atoms with Gasteiger partial charge in [0.05, 0.1) is 18.9 Å². The normalized spacial score (nSPS) is 10.7. The smallest absolute Gasteiger partial charge is 0.354 e. The van der Waals surface area contributed by atoms with Gasteiger partial charge >= 0.3 is 5.97 Å². The van der Waals surface area contributed by atoms with Gasteiger partial charge in [-0.05, 0) is 19.9 Å². The van der Waals surface area contributed by atoms with Gasteiger partial charge in [0.1, 0.15) is 12.4 Å². The van der Waals surface area contributed by atoms with Crippen molar-refractivity contribution < 1.29 is 14.3 Å². The summed E-state index contributed by atoms with van der Waals surface area (Å²) >= 11 is 0. The number of carbonyl (C=O) groups is 1. The number of anilines is 1. The van der Waals surface area contributed by atoms with E-state index >= 15 is 0 Å². The van der Waals surface area contributed by atoms with Gasteiger partial charge in [-0.1, -0.05) is 0 Å². The quantitative estimate of drug-likeness (QED) is 0.762. The molecular weight excluding hydrogens is 196 g/mol. The first-order valence-electron chi connectivity index (χ1n) is 4.70. The van der Waals surface area contributed by atoms with E-state index in [2.05, 4.69) is 4.74 Å². The lowest BCUT2D eigenvalue weighted by atomic mass is 10.4. The van der Waals surface area contributed by atoms with Gasteiger partial charge in [0.2, 0.25) is 0 Å². The predicted octanol–water partition coefficient (Wildman–Crippen LogP) is 1.24. The van der Waals surface area contributed by atoms with E-state index in [-0.39, 0.29) is 6.10 Å². The largest absolute Gasteiger partial charge is 0.464 e. The Bertz CT molecular complexity index is 344. The van der Waals surface area contributed by atoms with Crippen LogP contribution in [0.15, 0.2) is 12.3 Å². The van der Waals surface area contributed by atoms with Crippen molar-refractivity contribution in [3.05, 3.63) is 18.0 Å². The Balaban J connectivity index is 2.81. The Morgan fingerprint density at radius 1 is 1.60 bits per heavy atom. The van der Waals surface area contributed by atoms with E-state index in [1.165, 1.54) is 7.11 Å². The average molecular weight is 212 g/mol. The zero-order valence-electron chi connectivity index (χ0n) is 9.19. The molecule has 5 heteroatoms. The van der Waals surface area contributed by atoms with E-state index in [4.69, 9.17) is 10.5 Å². The molecular formula is C10H16N2O3. The van der Waals surface area contributed by atoms with E-state index in [1.807, 2.05) is 13.8 Å². The molecule has 1 heterocycles. The number of rotatable bonds is 4. The Kier molecular flexibility index (Phi) is 3.74. The number of carbonyl (C=O) groups excluding carboxylic acids is 1. The second-order valence-electron chi connectivity index (χ2n) is 3.46. The first kappa shape index (κ1) is 11.6. The molecule has 0 atom stereocenters. The highest BCUT2D eigenvalue weighted by molar-refractivity contribution is 5.88. The van der Waals surface area contributed by atoms with Crippen LogP contribution in [-0.4, -0.2) is 23.8 Å². The standard InChI is InChI=1S/C10H16N2O3/c1-7(2)15-6-12-5-8(11)4-9(12)10(13)14-3/h4-5,7H,6,11H2,1-3H3. The zero-order valence-corrected chi connectivity index (χ0v) is 9.19. The van der Waals surface area contributed by atoms with Gasteiger partial charge < -0.3 is 19.8 Å². The Morgan fingerprint density at radius 2 is 2.27 bits per heavy atom. The summed E-state index contributed by atoms with van der Waals surface area (Å²) in [5.41, 5.74) is 6.51. The first-order chi connectivity index (χ1) is 7.04. The van der Waals surface area contributed by atoms with Crippen LogP contribution < -0.4 is 5.73 Å². The molecule has 5 nitrogen and oxygen atoms in total. The van der Waals surface area contributed by atoms with Crippen molar-refractivity contribution in [2.45, 2.75) is 26.7 Å². The summed E-state index contributed by atoms with van der Waals surface area (Å²) in [6.07, 6.45) is 1.74. The summed E-state index contributed by atoms with van der Waals surface area (Å²) in [4.78, 5) is 11.3. The molecule has 1 aromatic rings. The molecule has 0 radical (unpaired) electrons. The highest BCUT2D eigenvalue weighted by Crippen LogP contribution is 2.12. The van der Waals surface area contributed by atoms with Crippen LogP contribution in [0.1, 0.15) is 24.3 Å². The average Bonchev–Trinajstić information content (AvgIpc) is 2.55. The van der Waals surface area contributed by atoms with Crippen molar-refractivity contribution in [3.8, 4) is 0 Å². The fraction of sp³-hybridized carbons (Fsp3) is 0.500. The van der Waals surface area contributed by atoms with Crippen molar-refractivity contribution in [2.24, 2.45) is 0 Å². The monoisotopic (exact) mass is 212 g/mol. The van der Waals surface area contributed by atoms with Crippen LogP contribution in [0.25, 0.3) is 0 Å². The van der Waals surface area contributed by atoms with Crippen LogP contribution in [0.3, 0.4) is 0 Å². The van der Waals surface area contributed by atoms with Crippen molar-refractivity contribution in [1.29, 1.82) is 0 Å². The summed E-state index contributed by atoms with van der Waals surface area (Å²) in [6.45, 7) is 4.13. The lowest BCUT2D eigenvalue weighted by Gasteiger charge is -2.10. The molecule has 0 aromatic carbocycles. The molecule has 0 aliphatic carbocycles. The maximum absolute atomic E-state index is 11.3. The van der Waals surface area contributed by atoms with Gasteiger partial charge in [0.15, 0.2) is 0 Å². The minimum absolute atomic E-state index is 0.0964. The molecule has 0 spiro atoms. The fourth-order valence-corrected chi connectivity index (χ4v) is 1.14. The molecule has 0 aliphatic rings. The first-order valence-corrected chi connectivity index (χ1v) is 4.70. The number of methoxy groups -OCH3 is 1. The van der Waals surface area contributed by atoms with Crippen LogP contribution in [-0.2, 0) is 16.2 Å². The van der Waals surface area contributed by atoms with E-state index in [9.17, 15) is 4.79 Å². The summed E-state index contributed by atoms with van der Waals surface area (Å²) in [6, 6.07) is 1.56. The Labute approximate surface area is 88.8 Å². The van der Waals surface area contributed by atoms with Gasteiger partial charge in [-0.2, -0.15) is 0 Å². The molecule has 0 bridgehead atoms. The number of nitrogens with zero attached hydrogens (tertiary/aromatic N) is 1. The highest BCUT2D eigenvalue weighted by atomic mass is 16.5. The number of hydrogen-bond donors (Lipinski definition) is 1. The lowest BCUT2D eigenvalue weighted by Crippen LogP contribution is -2.14. The topological polar surface area (TPSA) is 66.5 Å². The maximum Gasteiger partial charge on any atom is 0.354 e. The van der Waals surface area contributed by atoms with E-state index < -0.39 is 5.97 Å². The predicted molar refractivity (Wildman–Crippen MR) is 56.4 cm³/mol. The van der Waals surface area contributed by atoms with E-state index in [1.54, 1.807) is 16.8 Å². The van der Waals surface area contributed by atoms with Gasteiger partial charge in [-0.25, -0.2) is 4.79 Å². The molecule has 1 rings (SSSR count). The third kappa shape index (κ3) is 2.99. The third-order valence-electron chi connectivity index (χ3n) is 1.86. The molecule has 2 N–H and O–H groups in total. The molecule has 84 valence electrons. The van der Waals surface area contributed by atoms with Crippen LogP contribution in [0.5, 0.6) is 0 Å². The molecule has 0 saturated heterocycles. The fourth-order valence-electron chi connectivity index (χ4n) is 1.14. The molecule has 0 unspecified atom stereocenters. The third-order valence-corrected chi connectivity index (χ3v) is 1.86. The second kappa shape index (κ2) is 4.84. The molecule has 0 fully saturated rings. The van der Waals surface area contributed by atoms with E-state index in [0.717, 1.165) is 0 Å². The van der Waals surface area contributed by atoms with Crippen molar-refractivity contribution in [2.75, 3.05) is 12.8 Å². The number of esters is 1. The Morgan fingerprint density at radius 3 is 2.80 bits per heavy atom. The van der Waals surface area contributed by atoms with Crippen molar-refractivity contribution in [1.82, 2.24) is 4.57 Å². The number of ether oxygens (including phenoxy) is 2. The molecule has 1 aromatic heterocycles. The molecule has 15 heavy (non-hydrogen) atoms. The summed E-state index contributed by atoms with van der Waals surface area (Å²) < 4.78 is 11.6. The number of aromatic nitrogens is 1. The second-order valence-corrected chi connectivity index (χ2v) is 3.46. The number of nitrogens with two attached hydrogens (primary N) is 1. The minimum Gasteiger partial charge on any atom is -0.464 e. The zero-order chi connectivity index (χ0) is 11.4. The van der Waals surface area contributed by atoms with Gasteiger partial charge in [-0.15, -0.1) is 0 Å². The summed E-state index contributed by atoms with van der Waals surface area (Å²) in [7, 11) is 1.33. The lowest BCUT2D eigenvalue weighted by molar-refractivity contribution is 0.0246. The van der Waals surface area contributed by atoms with Crippen molar-refractivity contribution in [3.63, 3.8) is 0 Å². The van der Waals surface area contributed by atoms with Gasteiger partial charge in [0, 0.05) is 6.20 Å². The molecule has 0 amide bonds. The summed E-state index contributed by atoms with van der Waals surface area (Å²) in [5, 5.41) is 0. The van der Waals surface area contributed by atoms with Gasteiger partial charge in [0.25, 0.3) is 0 Å². The SMILES string of the molecule is COC(=O)c1cc(N)cn1COC(C)C. The van der Waals surface area contributed by atoms with Crippen LogP contribution in [0.2, 0.25) is 0 Å². The number of nitrogen functional groups attached to an aromatic ring is 1. The van der Waals surface area contributed by atoms with Crippen LogP contribution in [0, 0.1) is 0 Å². The van der Waals surface area contributed by atoms with Crippen molar-refractivity contribution >= 4 is 11.7 Å². The number of hydrogen-bond acceptors (Lipinski definition) is 4. The maximum atomic E-state index is 11.3. The molecule has 0 aliphatic heterocycles. The molecule has 0 saturated carbocycles. The van der Waals surface area contributed by atoms with E-state index in [0.29, 0.717) is 18.1 Å². The van der Waals surface area contributed by atoms with Gasteiger partial charge in [-0.3, -0.25) is 0 Å². The summed E-state index contributed by atoms with van der Waals surface area (Å²) in [5.74, 6) is -0.418.